The third-order valence-corrected chi connectivity index (χ3v) is 3.33. The molecule has 5 atom stereocenters. The van der Waals surface area contributed by atoms with Gasteiger partial charge in [0.1, 0.15) is 0 Å². The smallest absolute Gasteiger partial charge is 0.0752 e. The van der Waals surface area contributed by atoms with Gasteiger partial charge in [-0.3, -0.25) is 0 Å². The summed E-state index contributed by atoms with van der Waals surface area (Å²) in [6.45, 7) is 0. The highest BCUT2D eigenvalue weighted by Crippen LogP contribution is 2.61. The first kappa shape index (κ1) is 5.36. The van der Waals surface area contributed by atoms with E-state index in [1.165, 1.54) is 12.8 Å². The lowest BCUT2D eigenvalue weighted by molar-refractivity contribution is 0.192. The molecule has 2 saturated carbocycles. The predicted molar refractivity (Wildman–Crippen MR) is 38.3 cm³/mol. The third kappa shape index (κ3) is 0.567. The zero-order chi connectivity index (χ0) is 6.72. The van der Waals surface area contributed by atoms with Crippen LogP contribution in [0.3, 0.4) is 0 Å². The van der Waals surface area contributed by atoms with Gasteiger partial charge in [0.05, 0.1) is 6.10 Å². The summed E-state index contributed by atoms with van der Waals surface area (Å²) in [5.74, 6) is 3.37. The highest BCUT2D eigenvalue weighted by molar-refractivity contribution is 5.17. The van der Waals surface area contributed by atoms with Crippen molar-refractivity contribution in [3.05, 3.63) is 12.2 Å². The van der Waals surface area contributed by atoms with E-state index in [2.05, 4.69) is 6.08 Å². The summed E-state index contributed by atoms with van der Waals surface area (Å²) in [7, 11) is 0. The predicted octanol–water partition coefficient (Wildman–Crippen LogP) is 1.19. The van der Waals surface area contributed by atoms with Gasteiger partial charge >= 0.3 is 0 Å². The molecule has 54 valence electrons. The normalized spacial score (nSPS) is 62.3. The minimum Gasteiger partial charge on any atom is -0.389 e. The van der Waals surface area contributed by atoms with Crippen molar-refractivity contribution in [1.29, 1.82) is 0 Å². The van der Waals surface area contributed by atoms with E-state index >= 15 is 0 Å². The Morgan fingerprint density at radius 1 is 1.00 bits per heavy atom. The number of hydrogen-bond acceptors (Lipinski definition) is 1. The molecule has 0 spiro atoms. The molecule has 3 aliphatic carbocycles. The average molecular weight is 136 g/mol. The van der Waals surface area contributed by atoms with Crippen LogP contribution in [0.2, 0.25) is 0 Å². The highest BCUT2D eigenvalue weighted by Gasteiger charge is 2.55. The van der Waals surface area contributed by atoms with E-state index in [0.717, 1.165) is 17.8 Å². The highest BCUT2D eigenvalue weighted by atomic mass is 16.3. The SMILES string of the molecule is O[C@H]1C=C[C@@H]2C[C@H]2[C@@H]2C[C@@H]21. The zero-order valence-electron chi connectivity index (χ0n) is 5.90. The van der Waals surface area contributed by atoms with E-state index in [0.29, 0.717) is 5.92 Å². The maximum absolute atomic E-state index is 9.45. The van der Waals surface area contributed by atoms with Crippen molar-refractivity contribution in [2.45, 2.75) is 18.9 Å². The second-order valence-electron chi connectivity index (χ2n) is 4.00. The van der Waals surface area contributed by atoms with Crippen LogP contribution in [-0.2, 0) is 0 Å². The van der Waals surface area contributed by atoms with Gasteiger partial charge in [-0.25, -0.2) is 0 Å². The second kappa shape index (κ2) is 1.48. The molecule has 1 N–H and O–H groups in total. The van der Waals surface area contributed by atoms with Gasteiger partial charge in [-0.1, -0.05) is 12.2 Å². The molecule has 3 rings (SSSR count). The van der Waals surface area contributed by atoms with Crippen LogP contribution in [-0.4, -0.2) is 11.2 Å². The first-order chi connectivity index (χ1) is 4.86. The Labute approximate surface area is 60.7 Å². The van der Waals surface area contributed by atoms with Crippen molar-refractivity contribution < 1.29 is 5.11 Å². The number of rotatable bonds is 0. The Kier molecular flexibility index (Phi) is 0.791. The van der Waals surface area contributed by atoms with Crippen molar-refractivity contribution in [2.24, 2.45) is 23.7 Å². The average Bonchev–Trinajstić information content (AvgIpc) is 2.71. The van der Waals surface area contributed by atoms with Crippen LogP contribution in [0.1, 0.15) is 12.8 Å². The Morgan fingerprint density at radius 2 is 1.90 bits per heavy atom. The first-order valence-electron chi connectivity index (χ1n) is 4.22. The van der Waals surface area contributed by atoms with Crippen LogP contribution < -0.4 is 0 Å². The Hall–Kier alpha value is -0.300. The summed E-state index contributed by atoms with van der Waals surface area (Å²) < 4.78 is 0. The molecule has 0 radical (unpaired) electrons. The molecule has 0 bridgehead atoms. The van der Waals surface area contributed by atoms with E-state index in [9.17, 15) is 5.11 Å². The number of fused-ring (bicyclic) bond motifs is 3. The Morgan fingerprint density at radius 3 is 2.80 bits per heavy atom. The maximum atomic E-state index is 9.45. The van der Waals surface area contributed by atoms with Gasteiger partial charge in [0.2, 0.25) is 0 Å². The molecule has 0 unspecified atom stereocenters. The summed E-state index contributed by atoms with van der Waals surface area (Å²) in [6, 6.07) is 0. The molecular formula is C9H12O. The largest absolute Gasteiger partial charge is 0.389 e. The molecule has 10 heavy (non-hydrogen) atoms. The van der Waals surface area contributed by atoms with Crippen molar-refractivity contribution in [1.82, 2.24) is 0 Å². The van der Waals surface area contributed by atoms with Crippen LogP contribution >= 0.6 is 0 Å². The van der Waals surface area contributed by atoms with Crippen molar-refractivity contribution in [2.75, 3.05) is 0 Å². The molecule has 1 nitrogen and oxygen atoms in total. The van der Waals surface area contributed by atoms with Gasteiger partial charge in [0, 0.05) is 0 Å². The Bertz CT molecular complexity index is 197. The first-order valence-corrected chi connectivity index (χ1v) is 4.22. The maximum Gasteiger partial charge on any atom is 0.0752 e. The molecule has 0 aromatic carbocycles. The Balaban J connectivity index is 1.91. The molecule has 0 saturated heterocycles. The number of aliphatic hydroxyl groups excluding tert-OH is 1. The summed E-state index contributed by atoms with van der Waals surface area (Å²) >= 11 is 0. The van der Waals surface area contributed by atoms with Crippen LogP contribution in [0.5, 0.6) is 0 Å². The van der Waals surface area contributed by atoms with Gasteiger partial charge in [-0.15, -0.1) is 0 Å². The molecule has 0 aromatic rings. The van der Waals surface area contributed by atoms with Crippen LogP contribution in [0.25, 0.3) is 0 Å². The molecule has 0 aliphatic heterocycles. The minimum absolute atomic E-state index is 0.0993. The molecule has 2 fully saturated rings. The molecule has 0 heterocycles. The zero-order valence-corrected chi connectivity index (χ0v) is 5.90. The lowest BCUT2D eigenvalue weighted by Crippen LogP contribution is -2.05. The van der Waals surface area contributed by atoms with E-state index in [4.69, 9.17) is 0 Å². The topological polar surface area (TPSA) is 20.2 Å². The third-order valence-electron chi connectivity index (χ3n) is 3.33. The quantitative estimate of drug-likeness (QED) is 0.496. The molecule has 0 amide bonds. The van der Waals surface area contributed by atoms with Crippen LogP contribution in [0.15, 0.2) is 12.2 Å². The van der Waals surface area contributed by atoms with Gasteiger partial charge in [-0.05, 0) is 36.5 Å². The van der Waals surface area contributed by atoms with Crippen LogP contribution in [0.4, 0.5) is 0 Å². The fourth-order valence-corrected chi connectivity index (χ4v) is 2.47. The van der Waals surface area contributed by atoms with Gasteiger partial charge in [-0.2, -0.15) is 0 Å². The number of aliphatic hydroxyl groups is 1. The molecular weight excluding hydrogens is 124 g/mol. The second-order valence-corrected chi connectivity index (χ2v) is 4.00. The van der Waals surface area contributed by atoms with Gasteiger partial charge in [0.25, 0.3) is 0 Å². The molecule has 3 aliphatic rings. The van der Waals surface area contributed by atoms with Crippen LogP contribution in [0, 0.1) is 23.7 Å². The van der Waals surface area contributed by atoms with Gasteiger partial charge < -0.3 is 5.11 Å². The van der Waals surface area contributed by atoms with E-state index in [1.807, 2.05) is 6.08 Å². The van der Waals surface area contributed by atoms with E-state index in [-0.39, 0.29) is 6.10 Å². The minimum atomic E-state index is -0.0993. The number of allylic oxidation sites excluding steroid dienone is 1. The van der Waals surface area contributed by atoms with Crippen molar-refractivity contribution in [3.8, 4) is 0 Å². The molecule has 0 aromatic heterocycles. The fourth-order valence-electron chi connectivity index (χ4n) is 2.47. The summed E-state index contributed by atoms with van der Waals surface area (Å²) in [5, 5.41) is 9.45. The summed E-state index contributed by atoms with van der Waals surface area (Å²) in [6.07, 6.45) is 6.85. The monoisotopic (exact) mass is 136 g/mol. The standard InChI is InChI=1S/C9H12O/c10-9-2-1-5-3-6(5)7-4-8(7)9/h1-2,5-10H,3-4H2/t5-,6-,7+,8+,9+/m1/s1. The van der Waals surface area contributed by atoms with Crippen molar-refractivity contribution >= 4 is 0 Å². The lowest BCUT2D eigenvalue weighted by Gasteiger charge is -2.00. The van der Waals surface area contributed by atoms with E-state index in [1.54, 1.807) is 0 Å². The lowest BCUT2D eigenvalue weighted by atomic mass is 10.1. The van der Waals surface area contributed by atoms with E-state index < -0.39 is 0 Å². The fraction of sp³-hybridized carbons (Fsp3) is 0.778. The molecule has 1 heteroatoms. The summed E-state index contributed by atoms with van der Waals surface area (Å²) in [4.78, 5) is 0. The van der Waals surface area contributed by atoms with Crippen molar-refractivity contribution in [3.63, 3.8) is 0 Å². The summed E-state index contributed by atoms with van der Waals surface area (Å²) in [5.41, 5.74) is 0. The number of hydrogen-bond donors (Lipinski definition) is 1. The van der Waals surface area contributed by atoms with Gasteiger partial charge in [0.15, 0.2) is 0 Å².